The molecule has 3 saturated heterocycles. The van der Waals surface area contributed by atoms with Gasteiger partial charge >= 0.3 is 0 Å². The monoisotopic (exact) mass is 339 g/mol. The first kappa shape index (κ1) is 15.4. The molecule has 4 fully saturated rings. The van der Waals surface area contributed by atoms with Gasteiger partial charge in [0.1, 0.15) is 5.69 Å². The van der Waals surface area contributed by atoms with Gasteiger partial charge in [0.15, 0.2) is 5.58 Å². The molecule has 25 heavy (non-hydrogen) atoms. The number of para-hydroxylation sites is 1. The first-order valence-corrected chi connectivity index (χ1v) is 9.61. The molecule has 4 aliphatic rings. The Morgan fingerprint density at radius 3 is 2.88 bits per heavy atom. The quantitative estimate of drug-likeness (QED) is 0.859. The fourth-order valence-corrected chi connectivity index (χ4v) is 4.56. The summed E-state index contributed by atoms with van der Waals surface area (Å²) >= 11 is 0. The number of carbonyl (C=O) groups excluding carboxylic acids is 1. The third kappa shape index (κ3) is 3.06. The summed E-state index contributed by atoms with van der Waals surface area (Å²) in [4.78, 5) is 17.7. The second-order valence-corrected chi connectivity index (χ2v) is 8.10. The number of amides is 1. The maximum atomic E-state index is 12.9. The van der Waals surface area contributed by atoms with Gasteiger partial charge in [0, 0.05) is 37.6 Å². The van der Waals surface area contributed by atoms with E-state index >= 15 is 0 Å². The van der Waals surface area contributed by atoms with Crippen LogP contribution in [0.3, 0.4) is 0 Å². The molecule has 0 unspecified atom stereocenters. The summed E-state index contributed by atoms with van der Waals surface area (Å²) in [5, 5.41) is 5.10. The molecule has 4 heterocycles. The van der Waals surface area contributed by atoms with E-state index in [1.54, 1.807) is 0 Å². The maximum absolute atomic E-state index is 12.9. The highest BCUT2D eigenvalue weighted by molar-refractivity contribution is 5.86. The Hall–Kier alpha value is -1.88. The maximum Gasteiger partial charge on any atom is 0.228 e. The number of aromatic nitrogens is 1. The van der Waals surface area contributed by atoms with Crippen molar-refractivity contribution in [3.63, 3.8) is 0 Å². The summed E-state index contributed by atoms with van der Waals surface area (Å²) in [5.41, 5.74) is 1.53. The highest BCUT2D eigenvalue weighted by Gasteiger charge is 2.38. The van der Waals surface area contributed by atoms with E-state index in [4.69, 9.17) is 4.52 Å². The van der Waals surface area contributed by atoms with Crippen molar-refractivity contribution in [2.75, 3.05) is 26.2 Å². The average molecular weight is 339 g/mol. The highest BCUT2D eigenvalue weighted by Crippen LogP contribution is 2.35. The minimum atomic E-state index is 0.198. The first-order valence-electron chi connectivity index (χ1n) is 9.61. The van der Waals surface area contributed by atoms with Gasteiger partial charge in [-0.15, -0.1) is 0 Å². The van der Waals surface area contributed by atoms with Crippen molar-refractivity contribution in [2.45, 2.75) is 38.1 Å². The van der Waals surface area contributed by atoms with Crippen LogP contribution in [0.2, 0.25) is 0 Å². The topological polar surface area (TPSA) is 49.6 Å². The SMILES string of the molecule is O=C(Cc1noc2ccccc12)N1C[C@H]2CC[C@@H](C1)N(CC1CC1)C2. The molecule has 0 spiro atoms. The van der Waals surface area contributed by atoms with Crippen LogP contribution in [-0.2, 0) is 11.2 Å². The molecule has 6 rings (SSSR count). The number of piperidine rings is 1. The molecule has 1 aromatic heterocycles. The fourth-order valence-electron chi connectivity index (χ4n) is 4.56. The van der Waals surface area contributed by atoms with Crippen LogP contribution in [0.4, 0.5) is 0 Å². The van der Waals surface area contributed by atoms with Crippen molar-refractivity contribution in [3.8, 4) is 0 Å². The van der Waals surface area contributed by atoms with Crippen LogP contribution in [0.25, 0.3) is 11.0 Å². The first-order chi connectivity index (χ1) is 12.3. The van der Waals surface area contributed by atoms with Crippen LogP contribution in [0.1, 0.15) is 31.4 Å². The molecule has 5 heteroatoms. The lowest BCUT2D eigenvalue weighted by Crippen LogP contribution is -2.45. The minimum Gasteiger partial charge on any atom is -0.356 e. The second-order valence-electron chi connectivity index (χ2n) is 8.10. The lowest BCUT2D eigenvalue weighted by atomic mass is 9.95. The zero-order valence-electron chi connectivity index (χ0n) is 14.6. The molecule has 1 saturated carbocycles. The van der Waals surface area contributed by atoms with Crippen LogP contribution < -0.4 is 0 Å². The van der Waals surface area contributed by atoms with E-state index in [1.165, 1.54) is 38.8 Å². The normalized spacial score (nSPS) is 27.0. The highest BCUT2D eigenvalue weighted by atomic mass is 16.5. The summed E-state index contributed by atoms with van der Waals surface area (Å²) in [6.07, 6.45) is 5.65. The Morgan fingerprint density at radius 1 is 1.12 bits per heavy atom. The molecule has 2 atom stereocenters. The van der Waals surface area contributed by atoms with E-state index in [0.29, 0.717) is 18.4 Å². The molecule has 0 radical (unpaired) electrons. The number of nitrogens with zero attached hydrogens (tertiary/aromatic N) is 3. The van der Waals surface area contributed by atoms with Crippen LogP contribution >= 0.6 is 0 Å². The van der Waals surface area contributed by atoms with E-state index in [9.17, 15) is 4.79 Å². The van der Waals surface area contributed by atoms with Gasteiger partial charge in [-0.3, -0.25) is 9.69 Å². The molecule has 0 N–H and O–H groups in total. The third-order valence-electron chi connectivity index (χ3n) is 6.14. The summed E-state index contributed by atoms with van der Waals surface area (Å²) in [6.45, 7) is 4.22. The number of fused-ring (bicyclic) bond motifs is 5. The zero-order chi connectivity index (χ0) is 16.8. The van der Waals surface area contributed by atoms with Crippen molar-refractivity contribution in [1.82, 2.24) is 15.0 Å². The number of rotatable bonds is 4. The van der Waals surface area contributed by atoms with Crippen molar-refractivity contribution in [3.05, 3.63) is 30.0 Å². The third-order valence-corrected chi connectivity index (χ3v) is 6.14. The van der Waals surface area contributed by atoms with Gasteiger partial charge < -0.3 is 9.42 Å². The van der Waals surface area contributed by atoms with Crippen molar-refractivity contribution < 1.29 is 9.32 Å². The summed E-state index contributed by atoms with van der Waals surface area (Å²) in [6, 6.07) is 8.34. The number of carbonyl (C=O) groups is 1. The van der Waals surface area contributed by atoms with E-state index < -0.39 is 0 Å². The Kier molecular flexibility index (Phi) is 3.77. The predicted octanol–water partition coefficient (Wildman–Crippen LogP) is 2.70. The average Bonchev–Trinajstić information content (AvgIpc) is 3.41. The molecule has 2 bridgehead atoms. The molecular formula is C20H25N3O2. The van der Waals surface area contributed by atoms with E-state index in [0.717, 1.165) is 35.7 Å². The minimum absolute atomic E-state index is 0.198. The Labute approximate surface area is 147 Å². The Balaban J connectivity index is 1.30. The van der Waals surface area contributed by atoms with Crippen LogP contribution in [0.5, 0.6) is 0 Å². The van der Waals surface area contributed by atoms with Crippen LogP contribution in [0.15, 0.2) is 28.8 Å². The van der Waals surface area contributed by atoms with Gasteiger partial charge in [-0.05, 0) is 49.7 Å². The van der Waals surface area contributed by atoms with Gasteiger partial charge in [-0.1, -0.05) is 17.3 Å². The van der Waals surface area contributed by atoms with Gasteiger partial charge in [0.25, 0.3) is 0 Å². The second kappa shape index (κ2) is 6.13. The van der Waals surface area contributed by atoms with Gasteiger partial charge in [0.05, 0.1) is 6.42 Å². The number of hydrogen-bond acceptors (Lipinski definition) is 4. The molecule has 2 aromatic rings. The summed E-state index contributed by atoms with van der Waals surface area (Å²) < 4.78 is 5.36. The van der Waals surface area contributed by atoms with E-state index in [-0.39, 0.29) is 5.91 Å². The van der Waals surface area contributed by atoms with E-state index in [2.05, 4.69) is 15.0 Å². The molecule has 1 aliphatic carbocycles. The summed E-state index contributed by atoms with van der Waals surface area (Å²) in [7, 11) is 0. The Morgan fingerprint density at radius 2 is 2.00 bits per heavy atom. The van der Waals surface area contributed by atoms with Crippen molar-refractivity contribution in [1.29, 1.82) is 0 Å². The lowest BCUT2D eigenvalue weighted by molar-refractivity contribution is -0.130. The van der Waals surface area contributed by atoms with Crippen molar-refractivity contribution in [2.24, 2.45) is 11.8 Å². The fraction of sp³-hybridized carbons (Fsp3) is 0.600. The molecule has 132 valence electrons. The number of hydrogen-bond donors (Lipinski definition) is 0. The Bertz CT molecular complexity index is 782. The van der Waals surface area contributed by atoms with Gasteiger partial charge in [0.2, 0.25) is 5.91 Å². The van der Waals surface area contributed by atoms with Crippen LogP contribution in [-0.4, -0.2) is 53.1 Å². The van der Waals surface area contributed by atoms with E-state index in [1.807, 2.05) is 24.3 Å². The molecule has 5 nitrogen and oxygen atoms in total. The summed E-state index contributed by atoms with van der Waals surface area (Å²) in [5.74, 6) is 1.75. The number of benzene rings is 1. The zero-order valence-corrected chi connectivity index (χ0v) is 14.6. The van der Waals surface area contributed by atoms with Crippen molar-refractivity contribution >= 4 is 16.9 Å². The molecular weight excluding hydrogens is 314 g/mol. The molecule has 3 aliphatic heterocycles. The largest absolute Gasteiger partial charge is 0.356 e. The predicted molar refractivity (Wildman–Crippen MR) is 95.1 cm³/mol. The van der Waals surface area contributed by atoms with Gasteiger partial charge in [-0.25, -0.2) is 0 Å². The molecule has 1 aromatic carbocycles. The van der Waals surface area contributed by atoms with Gasteiger partial charge in [-0.2, -0.15) is 0 Å². The van der Waals surface area contributed by atoms with Crippen LogP contribution in [0, 0.1) is 11.8 Å². The standard InChI is InChI=1S/C20H25N3O2/c24-20(9-18-17-3-1-2-4-19(17)25-21-18)23-12-15-7-8-16(13-23)22(11-15)10-14-5-6-14/h1-4,14-16H,5-13H2/t15-,16-/m0/s1. The lowest BCUT2D eigenvalue weighted by Gasteiger charge is -2.36. The smallest absolute Gasteiger partial charge is 0.228 e. The molecule has 1 amide bonds.